The molecule has 0 aromatic heterocycles. The van der Waals surface area contributed by atoms with E-state index >= 15 is 0 Å². The lowest BCUT2D eigenvalue weighted by molar-refractivity contribution is 0.212. The van der Waals surface area contributed by atoms with Crippen LogP contribution >= 0.6 is 0 Å². The highest BCUT2D eigenvalue weighted by Crippen LogP contribution is 2.30. The first-order valence-corrected chi connectivity index (χ1v) is 5.97. The van der Waals surface area contributed by atoms with E-state index in [0.717, 1.165) is 11.1 Å². The average Bonchev–Trinajstić information content (AvgIpc) is 2.40. The average molecular weight is 243 g/mol. The molecular weight excluding hydrogens is 226 g/mol. The minimum absolute atomic E-state index is 0.575. The van der Waals surface area contributed by atoms with E-state index in [1.807, 2.05) is 43.3 Å². The van der Waals surface area contributed by atoms with Gasteiger partial charge in [0.05, 0.1) is 6.61 Å². The molecule has 0 fully saturated rings. The van der Waals surface area contributed by atoms with E-state index in [0.29, 0.717) is 18.0 Å². The van der Waals surface area contributed by atoms with Gasteiger partial charge in [0.15, 0.2) is 0 Å². The first-order chi connectivity index (χ1) is 8.72. The van der Waals surface area contributed by atoms with Crippen LogP contribution in [0.1, 0.15) is 24.2 Å². The molecule has 3 N–H and O–H groups in total. The number of nitrogen functional groups attached to an aromatic ring is 1. The number of aliphatic hydroxyl groups excluding tert-OH is 1. The Hall–Kier alpha value is -2.00. The molecule has 0 saturated carbocycles. The summed E-state index contributed by atoms with van der Waals surface area (Å²) in [5.41, 5.74) is 7.89. The quantitative estimate of drug-likeness (QED) is 0.812. The zero-order valence-corrected chi connectivity index (χ0v) is 10.3. The van der Waals surface area contributed by atoms with Gasteiger partial charge in [0.1, 0.15) is 11.9 Å². The van der Waals surface area contributed by atoms with Crippen molar-refractivity contribution in [1.82, 2.24) is 0 Å². The molecule has 1 unspecified atom stereocenters. The third kappa shape index (κ3) is 2.63. The number of aliphatic hydroxyl groups is 1. The number of ether oxygens (including phenoxy) is 1. The third-order valence-electron chi connectivity index (χ3n) is 2.77. The van der Waals surface area contributed by atoms with E-state index in [1.165, 1.54) is 0 Å². The SMILES string of the molecule is CCOc1ccccc1C(O)c1ccc(N)cc1. The van der Waals surface area contributed by atoms with Crippen molar-refractivity contribution in [2.75, 3.05) is 12.3 Å². The summed E-state index contributed by atoms with van der Waals surface area (Å²) >= 11 is 0. The Morgan fingerprint density at radius 3 is 2.44 bits per heavy atom. The predicted molar refractivity (Wildman–Crippen MR) is 72.5 cm³/mol. The van der Waals surface area contributed by atoms with Gasteiger partial charge in [0.2, 0.25) is 0 Å². The van der Waals surface area contributed by atoms with E-state index in [1.54, 1.807) is 12.1 Å². The van der Waals surface area contributed by atoms with Crippen molar-refractivity contribution >= 4 is 5.69 Å². The summed E-state index contributed by atoms with van der Waals surface area (Å²) < 4.78 is 5.52. The second-order valence-corrected chi connectivity index (χ2v) is 4.04. The summed E-state index contributed by atoms with van der Waals surface area (Å²) in [5, 5.41) is 10.4. The minimum atomic E-state index is -0.701. The van der Waals surface area contributed by atoms with Crippen LogP contribution in [-0.2, 0) is 0 Å². The minimum Gasteiger partial charge on any atom is -0.493 e. The van der Waals surface area contributed by atoms with Crippen LogP contribution in [0.2, 0.25) is 0 Å². The van der Waals surface area contributed by atoms with Crippen LogP contribution in [0.3, 0.4) is 0 Å². The zero-order chi connectivity index (χ0) is 13.0. The van der Waals surface area contributed by atoms with Crippen molar-refractivity contribution in [2.45, 2.75) is 13.0 Å². The molecule has 2 aromatic rings. The molecule has 2 rings (SSSR count). The lowest BCUT2D eigenvalue weighted by Crippen LogP contribution is -2.04. The van der Waals surface area contributed by atoms with Gasteiger partial charge in [-0.25, -0.2) is 0 Å². The summed E-state index contributed by atoms with van der Waals surface area (Å²) in [4.78, 5) is 0. The second kappa shape index (κ2) is 5.56. The third-order valence-corrected chi connectivity index (χ3v) is 2.77. The van der Waals surface area contributed by atoms with Crippen molar-refractivity contribution < 1.29 is 9.84 Å². The number of hydrogen-bond acceptors (Lipinski definition) is 3. The molecule has 0 amide bonds. The lowest BCUT2D eigenvalue weighted by Gasteiger charge is -2.16. The summed E-state index contributed by atoms with van der Waals surface area (Å²) in [6.07, 6.45) is -0.701. The molecular formula is C15H17NO2. The highest BCUT2D eigenvalue weighted by atomic mass is 16.5. The molecule has 0 aliphatic rings. The summed E-state index contributed by atoms with van der Waals surface area (Å²) in [6.45, 7) is 2.50. The number of nitrogens with two attached hydrogens (primary N) is 1. The Bertz CT molecular complexity index is 508. The van der Waals surface area contributed by atoms with Gasteiger partial charge < -0.3 is 15.6 Å². The normalized spacial score (nSPS) is 12.1. The first-order valence-electron chi connectivity index (χ1n) is 5.97. The molecule has 18 heavy (non-hydrogen) atoms. The highest BCUT2D eigenvalue weighted by molar-refractivity contribution is 5.44. The first kappa shape index (κ1) is 12.5. The second-order valence-electron chi connectivity index (χ2n) is 4.04. The summed E-state index contributed by atoms with van der Waals surface area (Å²) in [6, 6.07) is 14.7. The van der Waals surface area contributed by atoms with Gasteiger partial charge in [-0.2, -0.15) is 0 Å². The number of hydrogen-bond donors (Lipinski definition) is 2. The lowest BCUT2D eigenvalue weighted by atomic mass is 10.0. The topological polar surface area (TPSA) is 55.5 Å². The van der Waals surface area contributed by atoms with Gasteiger partial charge in [0.25, 0.3) is 0 Å². The zero-order valence-electron chi connectivity index (χ0n) is 10.3. The van der Waals surface area contributed by atoms with Crippen LogP contribution in [0.15, 0.2) is 48.5 Å². The van der Waals surface area contributed by atoms with Crippen molar-refractivity contribution in [2.24, 2.45) is 0 Å². The number of rotatable bonds is 4. The maximum atomic E-state index is 10.4. The molecule has 0 radical (unpaired) electrons. The predicted octanol–water partition coefficient (Wildman–Crippen LogP) is 2.75. The number of anilines is 1. The molecule has 1 atom stereocenters. The Morgan fingerprint density at radius 1 is 1.11 bits per heavy atom. The molecule has 0 bridgehead atoms. The molecule has 94 valence electrons. The maximum absolute atomic E-state index is 10.4. The standard InChI is InChI=1S/C15H17NO2/c1-2-18-14-6-4-3-5-13(14)15(17)11-7-9-12(16)10-8-11/h3-10,15,17H,2,16H2,1H3. The van der Waals surface area contributed by atoms with Crippen molar-refractivity contribution in [3.63, 3.8) is 0 Å². The molecule has 0 heterocycles. The molecule has 2 aromatic carbocycles. The van der Waals surface area contributed by atoms with E-state index in [-0.39, 0.29) is 0 Å². The fourth-order valence-electron chi connectivity index (χ4n) is 1.85. The highest BCUT2D eigenvalue weighted by Gasteiger charge is 2.14. The van der Waals surface area contributed by atoms with E-state index in [2.05, 4.69) is 0 Å². The molecule has 0 spiro atoms. The van der Waals surface area contributed by atoms with Crippen LogP contribution in [0.5, 0.6) is 5.75 Å². The molecule has 3 heteroatoms. The van der Waals surface area contributed by atoms with Crippen LogP contribution in [-0.4, -0.2) is 11.7 Å². The number of benzene rings is 2. The van der Waals surface area contributed by atoms with Gasteiger partial charge in [-0.1, -0.05) is 30.3 Å². The Labute approximate surface area is 107 Å². The van der Waals surface area contributed by atoms with Gasteiger partial charge in [-0.05, 0) is 30.7 Å². The van der Waals surface area contributed by atoms with Crippen molar-refractivity contribution in [3.05, 3.63) is 59.7 Å². The molecule has 0 saturated heterocycles. The van der Waals surface area contributed by atoms with Crippen LogP contribution in [0.4, 0.5) is 5.69 Å². The van der Waals surface area contributed by atoms with Crippen LogP contribution in [0, 0.1) is 0 Å². The Kier molecular flexibility index (Phi) is 3.85. The van der Waals surface area contributed by atoms with E-state index in [4.69, 9.17) is 10.5 Å². The van der Waals surface area contributed by atoms with Gasteiger partial charge in [-0.3, -0.25) is 0 Å². The molecule has 0 aliphatic carbocycles. The maximum Gasteiger partial charge on any atom is 0.125 e. The van der Waals surface area contributed by atoms with E-state index < -0.39 is 6.10 Å². The van der Waals surface area contributed by atoms with Gasteiger partial charge in [-0.15, -0.1) is 0 Å². The molecule has 0 aliphatic heterocycles. The van der Waals surface area contributed by atoms with Crippen molar-refractivity contribution in [1.29, 1.82) is 0 Å². The van der Waals surface area contributed by atoms with Crippen LogP contribution < -0.4 is 10.5 Å². The molecule has 3 nitrogen and oxygen atoms in total. The van der Waals surface area contributed by atoms with E-state index in [9.17, 15) is 5.11 Å². The van der Waals surface area contributed by atoms with Crippen molar-refractivity contribution in [3.8, 4) is 5.75 Å². The van der Waals surface area contributed by atoms with Gasteiger partial charge in [0, 0.05) is 11.3 Å². The smallest absolute Gasteiger partial charge is 0.125 e. The monoisotopic (exact) mass is 243 g/mol. The fourth-order valence-corrected chi connectivity index (χ4v) is 1.85. The number of para-hydroxylation sites is 1. The Balaban J connectivity index is 2.33. The fraction of sp³-hybridized carbons (Fsp3) is 0.200. The van der Waals surface area contributed by atoms with Crippen LogP contribution in [0.25, 0.3) is 0 Å². The Morgan fingerprint density at radius 2 is 1.78 bits per heavy atom. The largest absolute Gasteiger partial charge is 0.493 e. The van der Waals surface area contributed by atoms with Gasteiger partial charge >= 0.3 is 0 Å². The summed E-state index contributed by atoms with van der Waals surface area (Å²) in [5.74, 6) is 0.712. The summed E-state index contributed by atoms with van der Waals surface area (Å²) in [7, 11) is 0.